The van der Waals surface area contributed by atoms with Gasteiger partial charge in [-0.1, -0.05) is 20.8 Å². The van der Waals surface area contributed by atoms with E-state index in [0.29, 0.717) is 11.3 Å². The first-order valence-corrected chi connectivity index (χ1v) is 4.95. The van der Waals surface area contributed by atoms with E-state index >= 15 is 0 Å². The van der Waals surface area contributed by atoms with Crippen molar-refractivity contribution in [2.75, 3.05) is 7.11 Å². The number of hydrogen-bond donors (Lipinski definition) is 1. The Morgan fingerprint density at radius 3 is 2.40 bits per heavy atom. The van der Waals surface area contributed by atoms with E-state index in [9.17, 15) is 4.39 Å². The Bertz CT molecular complexity index is 344. The fourth-order valence-electron chi connectivity index (χ4n) is 1.41. The van der Waals surface area contributed by atoms with Gasteiger partial charge in [-0.3, -0.25) is 0 Å². The second-order valence-corrected chi connectivity index (χ2v) is 4.73. The highest BCUT2D eigenvalue weighted by Gasteiger charge is 2.25. The molecule has 2 nitrogen and oxygen atoms in total. The molecule has 1 atom stereocenters. The number of halogens is 1. The molecule has 1 rings (SSSR count). The second kappa shape index (κ2) is 4.19. The van der Waals surface area contributed by atoms with Crippen LogP contribution in [0.25, 0.3) is 0 Å². The van der Waals surface area contributed by atoms with Gasteiger partial charge in [-0.05, 0) is 23.6 Å². The molecule has 1 aromatic carbocycles. The van der Waals surface area contributed by atoms with Crippen molar-refractivity contribution in [1.29, 1.82) is 0 Å². The van der Waals surface area contributed by atoms with Crippen LogP contribution in [0.5, 0.6) is 5.75 Å². The SMILES string of the molecule is COc1ccc(F)cc1[C@@H](N)C(C)(C)C. The van der Waals surface area contributed by atoms with Gasteiger partial charge in [0.05, 0.1) is 7.11 Å². The van der Waals surface area contributed by atoms with Gasteiger partial charge in [-0.15, -0.1) is 0 Å². The summed E-state index contributed by atoms with van der Waals surface area (Å²) in [5.41, 5.74) is 6.66. The summed E-state index contributed by atoms with van der Waals surface area (Å²) in [7, 11) is 1.56. The number of benzene rings is 1. The first-order valence-electron chi connectivity index (χ1n) is 4.95. The summed E-state index contributed by atoms with van der Waals surface area (Å²) in [6.07, 6.45) is 0. The minimum atomic E-state index is -0.287. The molecule has 84 valence electrons. The molecule has 0 aromatic heterocycles. The van der Waals surface area contributed by atoms with Gasteiger partial charge in [-0.2, -0.15) is 0 Å². The lowest BCUT2D eigenvalue weighted by atomic mass is 9.83. The molecule has 0 spiro atoms. The third-order valence-corrected chi connectivity index (χ3v) is 2.46. The van der Waals surface area contributed by atoms with Crippen LogP contribution < -0.4 is 10.5 Å². The number of methoxy groups -OCH3 is 1. The minimum Gasteiger partial charge on any atom is -0.496 e. The van der Waals surface area contributed by atoms with Crippen LogP contribution in [0.1, 0.15) is 32.4 Å². The molecular formula is C12H18FNO. The van der Waals surface area contributed by atoms with E-state index in [1.807, 2.05) is 20.8 Å². The molecule has 0 aliphatic heterocycles. The Morgan fingerprint density at radius 2 is 1.93 bits per heavy atom. The second-order valence-electron chi connectivity index (χ2n) is 4.73. The molecule has 15 heavy (non-hydrogen) atoms. The lowest BCUT2D eigenvalue weighted by Crippen LogP contribution is -2.26. The van der Waals surface area contributed by atoms with Crippen molar-refractivity contribution in [3.8, 4) is 5.75 Å². The van der Waals surface area contributed by atoms with Crippen LogP contribution in [0.3, 0.4) is 0 Å². The van der Waals surface area contributed by atoms with Crippen LogP contribution in [0.2, 0.25) is 0 Å². The van der Waals surface area contributed by atoms with Crippen LogP contribution in [0.15, 0.2) is 18.2 Å². The molecule has 0 saturated carbocycles. The maximum atomic E-state index is 13.1. The average molecular weight is 211 g/mol. The Hall–Kier alpha value is -1.09. The fourth-order valence-corrected chi connectivity index (χ4v) is 1.41. The Kier molecular flexibility index (Phi) is 3.35. The van der Waals surface area contributed by atoms with Crippen LogP contribution >= 0.6 is 0 Å². The van der Waals surface area contributed by atoms with Crippen molar-refractivity contribution in [3.63, 3.8) is 0 Å². The average Bonchev–Trinajstić information content (AvgIpc) is 2.15. The van der Waals surface area contributed by atoms with Crippen LogP contribution in [-0.2, 0) is 0 Å². The van der Waals surface area contributed by atoms with Gasteiger partial charge >= 0.3 is 0 Å². The van der Waals surface area contributed by atoms with E-state index < -0.39 is 0 Å². The highest BCUT2D eigenvalue weighted by atomic mass is 19.1. The zero-order valence-electron chi connectivity index (χ0n) is 9.67. The molecule has 2 N–H and O–H groups in total. The molecule has 0 unspecified atom stereocenters. The smallest absolute Gasteiger partial charge is 0.123 e. The predicted molar refractivity (Wildman–Crippen MR) is 59.3 cm³/mol. The van der Waals surface area contributed by atoms with E-state index in [1.165, 1.54) is 12.1 Å². The third-order valence-electron chi connectivity index (χ3n) is 2.46. The molecule has 0 saturated heterocycles. The van der Waals surface area contributed by atoms with Crippen molar-refractivity contribution < 1.29 is 9.13 Å². The normalized spacial score (nSPS) is 13.7. The summed E-state index contributed by atoms with van der Waals surface area (Å²) in [5, 5.41) is 0. The highest BCUT2D eigenvalue weighted by molar-refractivity contribution is 5.37. The number of rotatable bonds is 2. The molecule has 0 heterocycles. The number of hydrogen-bond acceptors (Lipinski definition) is 2. The van der Waals surface area contributed by atoms with Gasteiger partial charge in [0.2, 0.25) is 0 Å². The fraction of sp³-hybridized carbons (Fsp3) is 0.500. The minimum absolute atomic E-state index is 0.124. The monoisotopic (exact) mass is 211 g/mol. The quantitative estimate of drug-likeness (QED) is 0.816. The van der Waals surface area contributed by atoms with E-state index in [2.05, 4.69) is 0 Å². The van der Waals surface area contributed by atoms with Gasteiger partial charge in [-0.25, -0.2) is 4.39 Å². The lowest BCUT2D eigenvalue weighted by Gasteiger charge is -2.28. The third kappa shape index (κ3) is 2.69. The topological polar surface area (TPSA) is 35.2 Å². The summed E-state index contributed by atoms with van der Waals surface area (Å²) in [6.45, 7) is 6.05. The first-order chi connectivity index (χ1) is 6.86. The predicted octanol–water partition coefficient (Wildman–Crippen LogP) is 2.88. The van der Waals surface area contributed by atoms with Gasteiger partial charge in [0.1, 0.15) is 11.6 Å². The highest BCUT2D eigenvalue weighted by Crippen LogP contribution is 2.35. The van der Waals surface area contributed by atoms with Crippen LogP contribution in [0.4, 0.5) is 4.39 Å². The van der Waals surface area contributed by atoms with Gasteiger partial charge in [0.15, 0.2) is 0 Å². The van der Waals surface area contributed by atoms with E-state index in [0.717, 1.165) is 0 Å². The van der Waals surface area contributed by atoms with Crippen molar-refractivity contribution in [2.45, 2.75) is 26.8 Å². The molecule has 3 heteroatoms. The zero-order valence-corrected chi connectivity index (χ0v) is 9.67. The summed E-state index contributed by atoms with van der Waals surface area (Å²) >= 11 is 0. The molecule has 0 aliphatic carbocycles. The van der Waals surface area contributed by atoms with E-state index in [1.54, 1.807) is 13.2 Å². The Morgan fingerprint density at radius 1 is 1.33 bits per heavy atom. The summed E-state index contributed by atoms with van der Waals surface area (Å²) in [6, 6.07) is 4.17. The summed E-state index contributed by atoms with van der Waals surface area (Å²) in [5.74, 6) is 0.351. The first kappa shape index (κ1) is 12.0. The molecule has 1 aromatic rings. The van der Waals surface area contributed by atoms with Crippen molar-refractivity contribution >= 4 is 0 Å². The van der Waals surface area contributed by atoms with Gasteiger partial charge < -0.3 is 10.5 Å². The van der Waals surface area contributed by atoms with E-state index in [-0.39, 0.29) is 17.3 Å². The molecular weight excluding hydrogens is 193 g/mol. The van der Waals surface area contributed by atoms with Crippen LogP contribution in [0, 0.1) is 11.2 Å². The molecule has 0 fully saturated rings. The Balaban J connectivity index is 3.17. The Labute approximate surface area is 90.2 Å². The molecule has 0 radical (unpaired) electrons. The lowest BCUT2D eigenvalue weighted by molar-refractivity contribution is 0.313. The molecule has 0 bridgehead atoms. The van der Waals surface area contributed by atoms with Crippen molar-refractivity contribution in [2.24, 2.45) is 11.1 Å². The largest absolute Gasteiger partial charge is 0.496 e. The summed E-state index contributed by atoms with van der Waals surface area (Å²) in [4.78, 5) is 0. The molecule has 0 aliphatic rings. The van der Waals surface area contributed by atoms with Crippen molar-refractivity contribution in [1.82, 2.24) is 0 Å². The maximum Gasteiger partial charge on any atom is 0.123 e. The van der Waals surface area contributed by atoms with Gasteiger partial charge in [0, 0.05) is 11.6 Å². The number of nitrogens with two attached hydrogens (primary N) is 1. The van der Waals surface area contributed by atoms with Crippen molar-refractivity contribution in [3.05, 3.63) is 29.6 Å². The van der Waals surface area contributed by atoms with E-state index in [4.69, 9.17) is 10.5 Å². The number of ether oxygens (including phenoxy) is 1. The summed E-state index contributed by atoms with van der Waals surface area (Å²) < 4.78 is 18.3. The molecule has 0 amide bonds. The van der Waals surface area contributed by atoms with Gasteiger partial charge in [0.25, 0.3) is 0 Å². The zero-order chi connectivity index (χ0) is 11.6. The standard InChI is InChI=1S/C12H18FNO/c1-12(2,3)11(14)9-7-8(13)5-6-10(9)15-4/h5-7,11H,14H2,1-4H3/t11-/m1/s1. The van der Waals surface area contributed by atoms with Crippen LogP contribution in [-0.4, -0.2) is 7.11 Å². The maximum absolute atomic E-state index is 13.1.